The Labute approximate surface area is 166 Å². The third-order valence-corrected chi connectivity index (χ3v) is 4.24. The Hall–Kier alpha value is -3.46. The van der Waals surface area contributed by atoms with Crippen LogP contribution in [0.15, 0.2) is 42.6 Å². The van der Waals surface area contributed by atoms with E-state index in [-0.39, 0.29) is 6.42 Å². The van der Waals surface area contributed by atoms with Crippen LogP contribution < -0.4 is 10.6 Å². The predicted molar refractivity (Wildman–Crippen MR) is 104 cm³/mol. The summed E-state index contributed by atoms with van der Waals surface area (Å²) in [7, 11) is 0. The Morgan fingerprint density at radius 2 is 1.69 bits per heavy atom. The molecule has 3 aromatic rings. The fraction of sp³-hybridized carbons (Fsp3) is 0.300. The van der Waals surface area contributed by atoms with Crippen molar-refractivity contribution in [3.8, 4) is 11.8 Å². The van der Waals surface area contributed by atoms with E-state index < -0.39 is 34.8 Å². The van der Waals surface area contributed by atoms with E-state index in [1.807, 2.05) is 24.3 Å². The van der Waals surface area contributed by atoms with Gasteiger partial charge in [-0.3, -0.25) is 0 Å². The number of hydrogen-bond donors (Lipinski definition) is 4. The standard InChI is InChI=1S/C20H23N3O6/c1-19(2,3)28-17(26)20(21,18(27)29-23-15(24)8-9-16(23)25)10-12-11-22-14-7-5-4-6-13(12)14/h4-9,11,22,24-25H,10,21H2,1-3H3/t20-/m1/s1. The topological polar surface area (TPSA) is 140 Å². The van der Waals surface area contributed by atoms with Crippen molar-refractivity contribution in [1.29, 1.82) is 0 Å². The molecule has 0 amide bonds. The van der Waals surface area contributed by atoms with Gasteiger partial charge in [0.05, 0.1) is 0 Å². The van der Waals surface area contributed by atoms with E-state index in [0.717, 1.165) is 23.0 Å². The van der Waals surface area contributed by atoms with E-state index in [4.69, 9.17) is 15.3 Å². The average Bonchev–Trinajstić information content (AvgIpc) is 3.18. The van der Waals surface area contributed by atoms with E-state index in [1.54, 1.807) is 27.0 Å². The molecule has 0 radical (unpaired) electrons. The lowest BCUT2D eigenvalue weighted by atomic mass is 9.91. The first-order chi connectivity index (χ1) is 13.5. The summed E-state index contributed by atoms with van der Waals surface area (Å²) in [6, 6.07) is 9.57. The van der Waals surface area contributed by atoms with Gasteiger partial charge in [-0.05, 0) is 32.4 Å². The number of aromatic hydroxyl groups is 2. The highest BCUT2D eigenvalue weighted by Gasteiger charge is 2.48. The van der Waals surface area contributed by atoms with Gasteiger partial charge < -0.3 is 30.5 Å². The van der Waals surface area contributed by atoms with Gasteiger partial charge in [-0.25, -0.2) is 9.59 Å². The quantitative estimate of drug-likeness (QED) is 0.376. The minimum absolute atomic E-state index is 0.229. The molecule has 0 spiro atoms. The number of para-hydroxylation sites is 1. The third-order valence-electron chi connectivity index (χ3n) is 4.24. The first-order valence-electron chi connectivity index (χ1n) is 8.91. The number of nitrogens with one attached hydrogen (secondary N) is 1. The van der Waals surface area contributed by atoms with Crippen LogP contribution in [-0.4, -0.2) is 43.0 Å². The molecule has 0 fully saturated rings. The molecular formula is C20H23N3O6. The molecule has 2 aromatic heterocycles. The van der Waals surface area contributed by atoms with Crippen molar-refractivity contribution < 1.29 is 29.4 Å². The molecule has 3 rings (SSSR count). The smallest absolute Gasteiger partial charge is 0.364 e. The summed E-state index contributed by atoms with van der Waals surface area (Å²) in [4.78, 5) is 33.9. The number of H-pyrrole nitrogens is 1. The van der Waals surface area contributed by atoms with E-state index in [2.05, 4.69) is 4.98 Å². The summed E-state index contributed by atoms with van der Waals surface area (Å²) < 4.78 is 5.83. The van der Waals surface area contributed by atoms with Crippen LogP contribution in [-0.2, 0) is 20.7 Å². The summed E-state index contributed by atoms with van der Waals surface area (Å²) in [6.45, 7) is 4.93. The van der Waals surface area contributed by atoms with Crippen molar-refractivity contribution in [2.45, 2.75) is 38.3 Å². The maximum absolute atomic E-state index is 12.9. The molecule has 0 aliphatic rings. The number of ether oxygens (including phenoxy) is 1. The molecule has 0 bridgehead atoms. The first-order valence-corrected chi connectivity index (χ1v) is 8.91. The van der Waals surface area contributed by atoms with Crippen LogP contribution in [0.3, 0.4) is 0 Å². The van der Waals surface area contributed by atoms with Crippen LogP contribution in [0.1, 0.15) is 26.3 Å². The van der Waals surface area contributed by atoms with Gasteiger partial charge >= 0.3 is 11.9 Å². The Morgan fingerprint density at radius 1 is 1.07 bits per heavy atom. The van der Waals surface area contributed by atoms with Crippen LogP contribution in [0.4, 0.5) is 0 Å². The molecular weight excluding hydrogens is 378 g/mol. The van der Waals surface area contributed by atoms with Crippen molar-refractivity contribution in [1.82, 2.24) is 9.71 Å². The maximum atomic E-state index is 12.9. The number of nitrogens with two attached hydrogens (primary N) is 1. The lowest BCUT2D eigenvalue weighted by Crippen LogP contribution is -2.61. The number of carbonyl (C=O) groups excluding carboxylic acids is 2. The van der Waals surface area contributed by atoms with E-state index >= 15 is 0 Å². The number of carbonyl (C=O) groups is 2. The van der Waals surface area contributed by atoms with Gasteiger partial charge in [-0.1, -0.05) is 18.2 Å². The van der Waals surface area contributed by atoms with Crippen molar-refractivity contribution in [2.24, 2.45) is 5.73 Å². The maximum Gasteiger partial charge on any atom is 0.364 e. The van der Waals surface area contributed by atoms with Crippen LogP contribution in [0.5, 0.6) is 11.8 Å². The lowest BCUT2D eigenvalue weighted by Gasteiger charge is -2.29. The van der Waals surface area contributed by atoms with Gasteiger partial charge in [-0.2, -0.15) is 0 Å². The molecule has 0 saturated carbocycles. The Bertz CT molecular complexity index is 1040. The molecule has 0 aliphatic heterocycles. The Balaban J connectivity index is 1.99. The normalized spacial score (nSPS) is 13.8. The monoisotopic (exact) mass is 401 g/mol. The lowest BCUT2D eigenvalue weighted by molar-refractivity contribution is -0.172. The van der Waals surface area contributed by atoms with Crippen molar-refractivity contribution in [2.75, 3.05) is 0 Å². The number of aromatic nitrogens is 2. The minimum Gasteiger partial charge on any atom is -0.492 e. The zero-order valence-corrected chi connectivity index (χ0v) is 16.3. The molecule has 1 atom stereocenters. The Kier molecular flexibility index (Phi) is 5.02. The van der Waals surface area contributed by atoms with E-state index in [0.29, 0.717) is 10.3 Å². The molecule has 1 aromatic carbocycles. The zero-order chi connectivity index (χ0) is 21.4. The number of esters is 1. The van der Waals surface area contributed by atoms with Crippen LogP contribution in [0, 0.1) is 0 Å². The summed E-state index contributed by atoms with van der Waals surface area (Å²) in [5, 5.41) is 20.2. The minimum atomic E-state index is -2.23. The van der Waals surface area contributed by atoms with Gasteiger partial charge in [-0.15, -0.1) is 4.73 Å². The second-order valence-electron chi connectivity index (χ2n) is 7.73. The second-order valence-corrected chi connectivity index (χ2v) is 7.73. The molecule has 0 aliphatic carbocycles. The highest BCUT2D eigenvalue weighted by molar-refractivity contribution is 6.05. The highest BCUT2D eigenvalue weighted by Crippen LogP contribution is 2.26. The number of rotatable bonds is 5. The Morgan fingerprint density at radius 3 is 2.31 bits per heavy atom. The molecule has 2 heterocycles. The number of benzene rings is 1. The summed E-state index contributed by atoms with van der Waals surface area (Å²) >= 11 is 0. The van der Waals surface area contributed by atoms with E-state index in [9.17, 15) is 19.8 Å². The van der Waals surface area contributed by atoms with Crippen LogP contribution >= 0.6 is 0 Å². The fourth-order valence-corrected chi connectivity index (χ4v) is 2.83. The van der Waals surface area contributed by atoms with Crippen molar-refractivity contribution in [3.63, 3.8) is 0 Å². The third kappa shape index (κ3) is 4.04. The molecule has 154 valence electrons. The van der Waals surface area contributed by atoms with E-state index in [1.165, 1.54) is 0 Å². The molecule has 29 heavy (non-hydrogen) atoms. The summed E-state index contributed by atoms with van der Waals surface area (Å²) in [5.74, 6) is -3.26. The van der Waals surface area contributed by atoms with Crippen molar-refractivity contribution >= 4 is 22.8 Å². The van der Waals surface area contributed by atoms with Gasteiger partial charge in [0, 0.05) is 35.7 Å². The highest BCUT2D eigenvalue weighted by atomic mass is 16.7. The molecule has 5 N–H and O–H groups in total. The predicted octanol–water partition coefficient (Wildman–Crippen LogP) is 1.62. The zero-order valence-electron chi connectivity index (χ0n) is 16.3. The second kappa shape index (κ2) is 7.17. The summed E-state index contributed by atoms with van der Waals surface area (Å²) in [5.41, 5.74) is 4.53. The number of aromatic amines is 1. The van der Waals surface area contributed by atoms with Gasteiger partial charge in [0.2, 0.25) is 17.3 Å². The fourth-order valence-electron chi connectivity index (χ4n) is 2.83. The van der Waals surface area contributed by atoms with Gasteiger partial charge in [0.25, 0.3) is 0 Å². The van der Waals surface area contributed by atoms with Crippen LogP contribution in [0.25, 0.3) is 10.9 Å². The first kappa shape index (κ1) is 20.3. The van der Waals surface area contributed by atoms with Gasteiger partial charge in [0.15, 0.2) is 0 Å². The van der Waals surface area contributed by atoms with Crippen molar-refractivity contribution in [3.05, 3.63) is 48.2 Å². The van der Waals surface area contributed by atoms with Crippen LogP contribution in [0.2, 0.25) is 0 Å². The molecule has 9 nitrogen and oxygen atoms in total. The molecule has 0 saturated heterocycles. The largest absolute Gasteiger partial charge is 0.492 e. The SMILES string of the molecule is CC(C)(C)OC(=O)[C@](N)(Cc1c[nH]c2ccccc12)C(=O)On1c(O)ccc1O. The number of fused-ring (bicyclic) bond motifs is 1. The van der Waals surface area contributed by atoms with Gasteiger partial charge in [0.1, 0.15) is 5.60 Å². The average molecular weight is 401 g/mol. The number of hydrogen-bond acceptors (Lipinski definition) is 7. The molecule has 0 unspecified atom stereocenters. The number of nitrogens with zero attached hydrogens (tertiary/aromatic N) is 1. The molecule has 9 heteroatoms. The summed E-state index contributed by atoms with van der Waals surface area (Å²) in [6.07, 6.45) is 1.42.